The lowest BCUT2D eigenvalue weighted by atomic mass is 9.95. The van der Waals surface area contributed by atoms with Gasteiger partial charge in [-0.3, -0.25) is 14.1 Å². The van der Waals surface area contributed by atoms with E-state index in [2.05, 4.69) is 10.6 Å². The van der Waals surface area contributed by atoms with Gasteiger partial charge in [-0.15, -0.1) is 0 Å². The SMILES string of the molecule is N[C@@H](CCC(=O)Nc1cc(Cl)cc(S(=O)(=O)O)c1O)C(=O)NC1CCCCC1. The van der Waals surface area contributed by atoms with Crippen molar-refractivity contribution in [3.63, 3.8) is 0 Å². The predicted octanol–water partition coefficient (Wildman–Crippen LogP) is 1.79. The molecule has 1 saturated carbocycles. The van der Waals surface area contributed by atoms with E-state index in [-0.39, 0.29) is 35.5 Å². The van der Waals surface area contributed by atoms with Gasteiger partial charge in [0.25, 0.3) is 10.1 Å². The number of hydrogen-bond acceptors (Lipinski definition) is 6. The maximum Gasteiger partial charge on any atom is 0.298 e. The average Bonchev–Trinajstić information content (AvgIpc) is 2.62. The lowest BCUT2D eigenvalue weighted by molar-refractivity contribution is -0.123. The van der Waals surface area contributed by atoms with E-state index in [0.717, 1.165) is 44.2 Å². The Kier molecular flexibility index (Phi) is 7.64. The van der Waals surface area contributed by atoms with Crippen LogP contribution in [-0.4, -0.2) is 42.0 Å². The number of anilines is 1. The first kappa shape index (κ1) is 22.4. The minimum absolute atomic E-state index is 0.0663. The molecular formula is C17H24ClN3O6S. The number of halogens is 1. The van der Waals surface area contributed by atoms with E-state index in [4.69, 9.17) is 21.9 Å². The summed E-state index contributed by atoms with van der Waals surface area (Å²) in [6, 6.07) is 1.24. The quantitative estimate of drug-likeness (QED) is 0.323. The Labute approximate surface area is 168 Å². The van der Waals surface area contributed by atoms with Gasteiger partial charge in [0.2, 0.25) is 11.8 Å². The molecule has 0 aromatic heterocycles. The molecule has 0 radical (unpaired) electrons. The normalized spacial score (nSPS) is 16.4. The zero-order valence-electron chi connectivity index (χ0n) is 15.2. The molecule has 0 bridgehead atoms. The van der Waals surface area contributed by atoms with Crippen molar-refractivity contribution < 1.29 is 27.7 Å². The van der Waals surface area contributed by atoms with Crippen LogP contribution in [0, 0.1) is 0 Å². The molecule has 0 unspecified atom stereocenters. The molecule has 0 heterocycles. The zero-order chi connectivity index (χ0) is 20.9. The number of hydrogen-bond donors (Lipinski definition) is 5. The second kappa shape index (κ2) is 9.55. The number of benzene rings is 1. The maximum atomic E-state index is 12.1. The van der Waals surface area contributed by atoms with E-state index in [0.29, 0.717) is 0 Å². The van der Waals surface area contributed by atoms with Gasteiger partial charge in [-0.2, -0.15) is 8.42 Å². The molecule has 2 amide bonds. The Bertz CT molecular complexity index is 840. The summed E-state index contributed by atoms with van der Waals surface area (Å²) in [4.78, 5) is 23.4. The van der Waals surface area contributed by atoms with Crippen molar-refractivity contribution >= 4 is 39.2 Å². The molecule has 1 aliphatic carbocycles. The van der Waals surface area contributed by atoms with Crippen LogP contribution in [0.4, 0.5) is 5.69 Å². The fraction of sp³-hybridized carbons (Fsp3) is 0.529. The van der Waals surface area contributed by atoms with Crippen LogP contribution in [0.1, 0.15) is 44.9 Å². The van der Waals surface area contributed by atoms with Crippen LogP contribution in [0.15, 0.2) is 17.0 Å². The van der Waals surface area contributed by atoms with Gasteiger partial charge >= 0.3 is 0 Å². The van der Waals surface area contributed by atoms with Gasteiger partial charge in [0, 0.05) is 17.5 Å². The van der Waals surface area contributed by atoms with Gasteiger partial charge in [-0.25, -0.2) is 0 Å². The van der Waals surface area contributed by atoms with E-state index >= 15 is 0 Å². The summed E-state index contributed by atoms with van der Waals surface area (Å²) >= 11 is 5.76. The third kappa shape index (κ3) is 6.33. The first-order chi connectivity index (χ1) is 13.1. The van der Waals surface area contributed by atoms with E-state index in [1.54, 1.807) is 0 Å². The summed E-state index contributed by atoms with van der Waals surface area (Å²) in [6.07, 6.45) is 5.07. The highest BCUT2D eigenvalue weighted by Gasteiger charge is 2.23. The molecule has 1 aromatic carbocycles. The van der Waals surface area contributed by atoms with Crippen LogP contribution >= 0.6 is 11.6 Å². The summed E-state index contributed by atoms with van der Waals surface area (Å²) in [5.74, 6) is -1.75. The minimum Gasteiger partial charge on any atom is -0.504 e. The Morgan fingerprint density at radius 1 is 1.25 bits per heavy atom. The molecule has 28 heavy (non-hydrogen) atoms. The zero-order valence-corrected chi connectivity index (χ0v) is 16.7. The third-order valence-corrected chi connectivity index (χ3v) is 5.65. The summed E-state index contributed by atoms with van der Waals surface area (Å²) in [5, 5.41) is 15.0. The second-order valence-corrected chi connectivity index (χ2v) is 8.64. The Morgan fingerprint density at radius 3 is 2.50 bits per heavy atom. The predicted molar refractivity (Wildman–Crippen MR) is 104 cm³/mol. The maximum absolute atomic E-state index is 12.1. The molecule has 156 valence electrons. The summed E-state index contributed by atoms with van der Waals surface area (Å²) in [7, 11) is -4.72. The van der Waals surface area contributed by atoms with Crippen LogP contribution in [0.2, 0.25) is 5.02 Å². The number of phenolic OH excluding ortho intramolecular Hbond substituents is 1. The van der Waals surface area contributed by atoms with Gasteiger partial charge in [0.15, 0.2) is 5.75 Å². The molecule has 2 rings (SSSR count). The first-order valence-corrected chi connectivity index (χ1v) is 10.8. The Hall–Kier alpha value is -1.88. The molecule has 6 N–H and O–H groups in total. The smallest absolute Gasteiger partial charge is 0.298 e. The van der Waals surface area contributed by atoms with Crippen LogP contribution in [-0.2, 0) is 19.7 Å². The van der Waals surface area contributed by atoms with Crippen molar-refractivity contribution in [3.8, 4) is 5.75 Å². The number of amides is 2. The molecule has 1 aliphatic rings. The highest BCUT2D eigenvalue weighted by Crippen LogP contribution is 2.34. The topological polar surface area (TPSA) is 159 Å². The van der Waals surface area contributed by atoms with Crippen molar-refractivity contribution in [2.75, 3.05) is 5.32 Å². The molecule has 1 atom stereocenters. The second-order valence-electron chi connectivity index (χ2n) is 6.81. The van der Waals surface area contributed by atoms with E-state index in [1.807, 2.05) is 0 Å². The van der Waals surface area contributed by atoms with Crippen LogP contribution < -0.4 is 16.4 Å². The fourth-order valence-corrected chi connectivity index (χ4v) is 3.96. The van der Waals surface area contributed by atoms with Crippen molar-refractivity contribution in [3.05, 3.63) is 17.2 Å². The van der Waals surface area contributed by atoms with Crippen molar-refractivity contribution in [1.29, 1.82) is 0 Å². The number of phenols is 1. The number of rotatable bonds is 7. The Morgan fingerprint density at radius 2 is 1.89 bits per heavy atom. The minimum atomic E-state index is -4.72. The molecular weight excluding hydrogens is 410 g/mol. The molecule has 1 fully saturated rings. The fourth-order valence-electron chi connectivity index (χ4n) is 3.05. The van der Waals surface area contributed by atoms with E-state index in [1.165, 1.54) is 0 Å². The van der Waals surface area contributed by atoms with Gasteiger partial charge in [0.05, 0.1) is 11.7 Å². The van der Waals surface area contributed by atoms with Gasteiger partial charge in [-0.1, -0.05) is 30.9 Å². The number of carbonyl (C=O) groups is 2. The monoisotopic (exact) mass is 433 g/mol. The lowest BCUT2D eigenvalue weighted by Crippen LogP contribution is -2.46. The van der Waals surface area contributed by atoms with E-state index < -0.39 is 32.7 Å². The van der Waals surface area contributed by atoms with Crippen LogP contribution in [0.3, 0.4) is 0 Å². The molecule has 9 nitrogen and oxygen atoms in total. The summed E-state index contributed by atoms with van der Waals surface area (Å²) in [6.45, 7) is 0. The molecule has 0 aliphatic heterocycles. The third-order valence-electron chi connectivity index (χ3n) is 4.56. The molecule has 1 aromatic rings. The van der Waals surface area contributed by atoms with Crippen molar-refractivity contribution in [1.82, 2.24) is 5.32 Å². The number of nitrogens with two attached hydrogens (primary N) is 1. The van der Waals surface area contributed by atoms with Gasteiger partial charge in [-0.05, 0) is 31.4 Å². The molecule has 0 saturated heterocycles. The lowest BCUT2D eigenvalue weighted by Gasteiger charge is -2.24. The number of carbonyl (C=O) groups excluding carboxylic acids is 2. The van der Waals surface area contributed by atoms with Gasteiger partial charge < -0.3 is 21.5 Å². The van der Waals surface area contributed by atoms with Crippen LogP contribution in [0.25, 0.3) is 0 Å². The molecule has 0 spiro atoms. The van der Waals surface area contributed by atoms with Crippen LogP contribution in [0.5, 0.6) is 5.75 Å². The largest absolute Gasteiger partial charge is 0.504 e. The summed E-state index contributed by atoms with van der Waals surface area (Å²) in [5.41, 5.74) is 5.56. The Balaban J connectivity index is 1.91. The highest BCUT2D eigenvalue weighted by molar-refractivity contribution is 7.86. The van der Waals surface area contributed by atoms with Gasteiger partial charge in [0.1, 0.15) is 4.90 Å². The summed E-state index contributed by atoms with van der Waals surface area (Å²) < 4.78 is 31.6. The number of aromatic hydroxyl groups is 1. The van der Waals surface area contributed by atoms with Crippen molar-refractivity contribution in [2.24, 2.45) is 5.73 Å². The van der Waals surface area contributed by atoms with E-state index in [9.17, 15) is 23.1 Å². The number of nitrogens with one attached hydrogen (secondary N) is 2. The highest BCUT2D eigenvalue weighted by atomic mass is 35.5. The average molecular weight is 434 g/mol. The van der Waals surface area contributed by atoms with Crippen molar-refractivity contribution in [2.45, 2.75) is 61.9 Å². The molecule has 11 heteroatoms. The standard InChI is InChI=1S/C17H24ClN3O6S/c18-10-8-13(16(23)14(9-10)28(25,26)27)21-15(22)7-6-12(19)17(24)20-11-4-2-1-3-5-11/h8-9,11-12,23H,1-7,19H2,(H,20,24)(H,21,22)(H,25,26,27)/t12-/m0/s1. The first-order valence-electron chi connectivity index (χ1n) is 8.93.